The molecule has 0 amide bonds. The molecular formula is C20H36ClNO. The lowest BCUT2D eigenvalue weighted by molar-refractivity contribution is -0.123. The molecule has 0 saturated heterocycles. The number of benzene rings is 1. The van der Waals surface area contributed by atoms with Gasteiger partial charge in [-0.2, -0.15) is 0 Å². The Kier molecular flexibility index (Phi) is 15.6. The van der Waals surface area contributed by atoms with Gasteiger partial charge >= 0.3 is 0 Å². The van der Waals surface area contributed by atoms with Crippen LogP contribution in [0.1, 0.15) is 66.4 Å². The van der Waals surface area contributed by atoms with Gasteiger partial charge in [0.1, 0.15) is 0 Å². The summed E-state index contributed by atoms with van der Waals surface area (Å²) in [4.78, 5) is 10.9. The van der Waals surface area contributed by atoms with Crippen LogP contribution in [0.3, 0.4) is 0 Å². The molecule has 0 aliphatic rings. The maximum atomic E-state index is 10.9. The van der Waals surface area contributed by atoms with Crippen LogP contribution in [0.4, 0.5) is 0 Å². The monoisotopic (exact) mass is 341 g/mol. The molecule has 0 aliphatic carbocycles. The minimum Gasteiger partial charge on any atom is -0.322 e. The van der Waals surface area contributed by atoms with Gasteiger partial charge in [-0.3, -0.25) is 4.79 Å². The van der Waals surface area contributed by atoms with E-state index in [0.717, 1.165) is 17.4 Å². The predicted molar refractivity (Wildman–Crippen MR) is 104 cm³/mol. The summed E-state index contributed by atoms with van der Waals surface area (Å²) in [7, 11) is 0. The summed E-state index contributed by atoms with van der Waals surface area (Å²) in [5.74, 6) is 1.19. The molecule has 1 rings (SSSR count). The second-order valence-electron chi connectivity index (χ2n) is 6.48. The van der Waals surface area contributed by atoms with E-state index in [4.69, 9.17) is 17.3 Å². The first-order chi connectivity index (χ1) is 10.6. The van der Waals surface area contributed by atoms with Crippen LogP contribution in [0, 0.1) is 18.8 Å². The minimum atomic E-state index is -0.292. The Morgan fingerprint density at radius 3 is 1.91 bits per heavy atom. The molecule has 1 aromatic carbocycles. The van der Waals surface area contributed by atoms with E-state index in [1.165, 1.54) is 18.4 Å². The van der Waals surface area contributed by atoms with Crippen LogP contribution in [0.15, 0.2) is 24.3 Å². The van der Waals surface area contributed by atoms with Crippen LogP contribution >= 0.6 is 11.6 Å². The number of Topliss-reactive ketones (excluding diaryl/α,β-unsaturated/α-hetero) is 1. The van der Waals surface area contributed by atoms with E-state index in [1.807, 2.05) is 45.0 Å². The lowest BCUT2D eigenvalue weighted by Gasteiger charge is -2.08. The third-order valence-corrected chi connectivity index (χ3v) is 3.63. The molecule has 0 aromatic heterocycles. The van der Waals surface area contributed by atoms with Crippen molar-refractivity contribution in [2.24, 2.45) is 17.6 Å². The molecule has 0 fully saturated rings. The number of hydrogen-bond donors (Lipinski definition) is 1. The van der Waals surface area contributed by atoms with Crippen molar-refractivity contribution in [2.45, 2.75) is 73.8 Å². The molecule has 2 atom stereocenters. The normalized spacial score (nSPS) is 12.4. The molecule has 0 radical (unpaired) electrons. The highest BCUT2D eigenvalue weighted by Crippen LogP contribution is 2.08. The van der Waals surface area contributed by atoms with Crippen LogP contribution in [-0.4, -0.2) is 11.8 Å². The third-order valence-electron chi connectivity index (χ3n) is 3.39. The summed E-state index contributed by atoms with van der Waals surface area (Å²) in [6.45, 7) is 14.4. The van der Waals surface area contributed by atoms with Gasteiger partial charge in [-0.1, -0.05) is 71.2 Å². The quantitative estimate of drug-likeness (QED) is 0.709. The smallest absolute Gasteiger partial charge is 0.152 e. The van der Waals surface area contributed by atoms with Crippen molar-refractivity contribution < 1.29 is 4.79 Å². The predicted octanol–water partition coefficient (Wildman–Crippen LogP) is 6.04. The zero-order valence-electron chi connectivity index (χ0n) is 16.0. The van der Waals surface area contributed by atoms with Gasteiger partial charge in [0.2, 0.25) is 0 Å². The van der Waals surface area contributed by atoms with Crippen molar-refractivity contribution in [1.82, 2.24) is 0 Å². The maximum absolute atomic E-state index is 10.9. The van der Waals surface area contributed by atoms with Crippen LogP contribution in [0.25, 0.3) is 0 Å². The molecule has 0 bridgehead atoms. The number of rotatable bonds is 5. The van der Waals surface area contributed by atoms with Crippen LogP contribution in [0.2, 0.25) is 5.02 Å². The van der Waals surface area contributed by atoms with Crippen LogP contribution in [0.5, 0.6) is 0 Å². The highest BCUT2D eigenvalue weighted by molar-refractivity contribution is 6.30. The molecule has 0 saturated carbocycles. The fraction of sp³-hybridized carbons (Fsp3) is 0.650. The SMILES string of the molecule is CCC(C)C(=O)C(C)N.CCCC(C)C.Cc1cccc(Cl)c1. The van der Waals surface area contributed by atoms with Crippen molar-refractivity contribution in [3.8, 4) is 0 Å². The Hall–Kier alpha value is -0.860. The first kappa shape index (κ1) is 24.4. The fourth-order valence-electron chi connectivity index (χ4n) is 1.83. The first-order valence-electron chi connectivity index (χ1n) is 8.67. The summed E-state index contributed by atoms with van der Waals surface area (Å²) >= 11 is 5.64. The van der Waals surface area contributed by atoms with Crippen molar-refractivity contribution in [3.63, 3.8) is 0 Å². The van der Waals surface area contributed by atoms with Crippen molar-refractivity contribution >= 4 is 17.4 Å². The van der Waals surface area contributed by atoms with Gasteiger partial charge in [0.25, 0.3) is 0 Å². The van der Waals surface area contributed by atoms with Gasteiger partial charge in [0.15, 0.2) is 5.78 Å². The standard InChI is InChI=1S/C7H7Cl.C7H15NO.C6H14/c1-6-3-2-4-7(8)5-6;1-4-5(2)7(9)6(3)8;1-4-5-6(2)3/h2-5H,1H3;5-6H,4,8H2,1-3H3;6H,4-5H2,1-3H3. The summed E-state index contributed by atoms with van der Waals surface area (Å²) < 4.78 is 0. The van der Waals surface area contributed by atoms with Gasteiger partial charge in [-0.15, -0.1) is 0 Å². The zero-order valence-corrected chi connectivity index (χ0v) is 16.8. The number of ketones is 1. The number of hydrogen-bond acceptors (Lipinski definition) is 2. The third kappa shape index (κ3) is 15.8. The Balaban J connectivity index is 0. The Morgan fingerprint density at radius 2 is 1.74 bits per heavy atom. The van der Waals surface area contributed by atoms with Gasteiger partial charge in [0, 0.05) is 10.9 Å². The number of carbonyl (C=O) groups is 1. The lowest BCUT2D eigenvalue weighted by atomic mass is 9.99. The maximum Gasteiger partial charge on any atom is 0.152 e. The molecule has 134 valence electrons. The fourth-order valence-corrected chi connectivity index (χ4v) is 2.08. The van der Waals surface area contributed by atoms with Gasteiger partial charge in [-0.25, -0.2) is 0 Å². The Bertz CT molecular complexity index is 399. The second kappa shape index (κ2) is 14.7. The molecule has 2 unspecified atom stereocenters. The molecule has 2 nitrogen and oxygen atoms in total. The molecule has 1 aromatic rings. The highest BCUT2D eigenvalue weighted by atomic mass is 35.5. The summed E-state index contributed by atoms with van der Waals surface area (Å²) in [6, 6.07) is 7.47. The second-order valence-corrected chi connectivity index (χ2v) is 6.92. The molecule has 3 heteroatoms. The molecular weight excluding hydrogens is 306 g/mol. The van der Waals surface area contributed by atoms with E-state index in [9.17, 15) is 4.79 Å². The van der Waals surface area contributed by atoms with E-state index in [-0.39, 0.29) is 17.7 Å². The van der Waals surface area contributed by atoms with Crippen molar-refractivity contribution in [3.05, 3.63) is 34.9 Å². The molecule has 23 heavy (non-hydrogen) atoms. The number of nitrogens with two attached hydrogens (primary N) is 1. The van der Waals surface area contributed by atoms with Crippen LogP contribution < -0.4 is 5.73 Å². The average molecular weight is 342 g/mol. The first-order valence-corrected chi connectivity index (χ1v) is 9.04. The van der Waals surface area contributed by atoms with E-state index in [0.29, 0.717) is 0 Å². The Morgan fingerprint density at radius 1 is 1.17 bits per heavy atom. The van der Waals surface area contributed by atoms with Gasteiger partial charge in [-0.05, 0) is 43.9 Å². The molecule has 0 aliphatic heterocycles. The van der Waals surface area contributed by atoms with E-state index in [2.05, 4.69) is 20.8 Å². The topological polar surface area (TPSA) is 43.1 Å². The lowest BCUT2D eigenvalue weighted by Crippen LogP contribution is -2.31. The Labute approximate surface area is 148 Å². The van der Waals surface area contributed by atoms with Gasteiger partial charge in [0.05, 0.1) is 6.04 Å². The van der Waals surface area contributed by atoms with E-state index in [1.54, 1.807) is 6.92 Å². The molecule has 2 N–H and O–H groups in total. The molecule has 0 heterocycles. The zero-order chi connectivity index (χ0) is 18.4. The van der Waals surface area contributed by atoms with Crippen molar-refractivity contribution in [2.75, 3.05) is 0 Å². The summed E-state index contributed by atoms with van der Waals surface area (Å²) in [6.07, 6.45) is 3.60. The van der Waals surface area contributed by atoms with Crippen molar-refractivity contribution in [1.29, 1.82) is 0 Å². The van der Waals surface area contributed by atoms with Crippen LogP contribution in [-0.2, 0) is 4.79 Å². The highest BCUT2D eigenvalue weighted by Gasteiger charge is 2.13. The summed E-state index contributed by atoms with van der Waals surface area (Å²) in [5.41, 5.74) is 6.57. The molecule has 0 spiro atoms. The number of aryl methyl sites for hydroxylation is 1. The largest absolute Gasteiger partial charge is 0.322 e. The number of halogens is 1. The van der Waals surface area contributed by atoms with E-state index >= 15 is 0 Å². The van der Waals surface area contributed by atoms with Gasteiger partial charge < -0.3 is 5.73 Å². The summed E-state index contributed by atoms with van der Waals surface area (Å²) in [5, 5.41) is 0.810. The minimum absolute atomic E-state index is 0.130. The number of carbonyl (C=O) groups excluding carboxylic acids is 1. The van der Waals surface area contributed by atoms with E-state index < -0.39 is 0 Å². The average Bonchev–Trinajstić information content (AvgIpc) is 2.46.